The van der Waals surface area contributed by atoms with Gasteiger partial charge in [0.25, 0.3) is 0 Å². The fourth-order valence-electron chi connectivity index (χ4n) is 1.05. The van der Waals surface area contributed by atoms with Crippen LogP contribution >= 0.6 is 23.4 Å². The highest BCUT2D eigenvalue weighted by Gasteiger charge is 2.23. The molecule has 6 heteroatoms. The topological polar surface area (TPSA) is 63.8 Å². The van der Waals surface area contributed by atoms with E-state index in [1.165, 1.54) is 24.6 Å². The highest BCUT2D eigenvalue weighted by molar-refractivity contribution is 7.98. The van der Waals surface area contributed by atoms with Gasteiger partial charge in [-0.15, -0.1) is 0 Å². The smallest absolute Gasteiger partial charge is 0.191 e. The van der Waals surface area contributed by atoms with Crippen LogP contribution in [0, 0.1) is 0 Å². The standard InChI is InChI=1S/C8H11ClN4S/c1-14-8-12-6(10)5(9)7(13-8)11-4-2-3-4/h4H,2-3H2,1H3,(H3,10,11,12,13). The van der Waals surface area contributed by atoms with Crippen molar-refractivity contribution >= 4 is 35.0 Å². The van der Waals surface area contributed by atoms with Crippen LogP contribution in [0.4, 0.5) is 11.6 Å². The maximum atomic E-state index is 5.97. The first-order valence-corrected chi connectivity index (χ1v) is 5.94. The zero-order chi connectivity index (χ0) is 10.1. The van der Waals surface area contributed by atoms with E-state index in [0.717, 1.165) is 0 Å². The van der Waals surface area contributed by atoms with E-state index >= 15 is 0 Å². The van der Waals surface area contributed by atoms with Crippen molar-refractivity contribution < 1.29 is 0 Å². The summed E-state index contributed by atoms with van der Waals surface area (Å²) < 4.78 is 0. The van der Waals surface area contributed by atoms with Crippen LogP contribution in [0.5, 0.6) is 0 Å². The van der Waals surface area contributed by atoms with Crippen LogP contribution < -0.4 is 11.1 Å². The Morgan fingerprint density at radius 1 is 1.50 bits per heavy atom. The number of nitrogens with two attached hydrogens (primary N) is 1. The van der Waals surface area contributed by atoms with E-state index in [9.17, 15) is 0 Å². The molecule has 1 aliphatic carbocycles. The lowest BCUT2D eigenvalue weighted by molar-refractivity contribution is 0.963. The molecule has 0 aliphatic heterocycles. The maximum absolute atomic E-state index is 5.97. The molecule has 3 N–H and O–H groups in total. The Labute approximate surface area is 91.6 Å². The molecule has 0 atom stereocenters. The Morgan fingerprint density at radius 2 is 2.21 bits per heavy atom. The van der Waals surface area contributed by atoms with Crippen molar-refractivity contribution in [2.45, 2.75) is 24.0 Å². The molecular formula is C8H11ClN4S. The summed E-state index contributed by atoms with van der Waals surface area (Å²) in [6.45, 7) is 0. The Morgan fingerprint density at radius 3 is 2.79 bits per heavy atom. The van der Waals surface area contributed by atoms with Crippen molar-refractivity contribution in [2.24, 2.45) is 0 Å². The monoisotopic (exact) mass is 230 g/mol. The van der Waals surface area contributed by atoms with Crippen LogP contribution in [-0.4, -0.2) is 22.3 Å². The minimum Gasteiger partial charge on any atom is -0.382 e. The molecule has 1 aromatic rings. The summed E-state index contributed by atoms with van der Waals surface area (Å²) >= 11 is 7.42. The van der Waals surface area contributed by atoms with E-state index in [2.05, 4.69) is 15.3 Å². The number of hydrogen-bond donors (Lipinski definition) is 2. The first-order valence-electron chi connectivity index (χ1n) is 4.34. The predicted octanol–water partition coefficient (Wildman–Crippen LogP) is 2.01. The number of nitrogens with zero attached hydrogens (tertiary/aromatic N) is 2. The summed E-state index contributed by atoms with van der Waals surface area (Å²) in [6.07, 6.45) is 4.26. The summed E-state index contributed by atoms with van der Waals surface area (Å²) in [5, 5.41) is 4.30. The zero-order valence-electron chi connectivity index (χ0n) is 7.75. The number of anilines is 2. The lowest BCUT2D eigenvalue weighted by Gasteiger charge is -2.08. The number of nitrogen functional groups attached to an aromatic ring is 1. The van der Waals surface area contributed by atoms with Gasteiger partial charge in [-0.05, 0) is 19.1 Å². The van der Waals surface area contributed by atoms with Gasteiger partial charge < -0.3 is 11.1 Å². The first kappa shape index (κ1) is 9.86. The molecule has 1 saturated carbocycles. The second-order valence-corrected chi connectivity index (χ2v) is 4.33. The molecule has 4 nitrogen and oxygen atoms in total. The van der Waals surface area contributed by atoms with E-state index < -0.39 is 0 Å². The van der Waals surface area contributed by atoms with Crippen molar-refractivity contribution in [3.8, 4) is 0 Å². The molecule has 14 heavy (non-hydrogen) atoms. The Bertz CT molecular complexity index is 353. The third-order valence-electron chi connectivity index (χ3n) is 1.96. The quantitative estimate of drug-likeness (QED) is 0.614. The number of aromatic nitrogens is 2. The first-order chi connectivity index (χ1) is 6.70. The number of rotatable bonds is 3. The van der Waals surface area contributed by atoms with Crippen LogP contribution in [0.3, 0.4) is 0 Å². The molecule has 0 unspecified atom stereocenters. The van der Waals surface area contributed by atoms with Gasteiger partial charge in [0.15, 0.2) is 11.0 Å². The third-order valence-corrected chi connectivity index (χ3v) is 2.88. The molecule has 1 aliphatic rings. The van der Waals surface area contributed by atoms with Gasteiger partial charge in [0, 0.05) is 6.04 Å². The van der Waals surface area contributed by atoms with E-state index in [-0.39, 0.29) is 0 Å². The summed E-state index contributed by atoms with van der Waals surface area (Å²) in [5.41, 5.74) is 5.66. The highest BCUT2D eigenvalue weighted by atomic mass is 35.5. The molecule has 0 bridgehead atoms. The molecule has 1 aromatic heterocycles. The van der Waals surface area contributed by atoms with Gasteiger partial charge >= 0.3 is 0 Å². The molecule has 2 rings (SSSR count). The van der Waals surface area contributed by atoms with Crippen LogP contribution in [0.15, 0.2) is 5.16 Å². The van der Waals surface area contributed by atoms with Gasteiger partial charge in [-0.2, -0.15) is 0 Å². The normalized spacial score (nSPS) is 15.6. The van der Waals surface area contributed by atoms with E-state index in [1.807, 2.05) is 6.26 Å². The molecular weight excluding hydrogens is 220 g/mol. The Hall–Kier alpha value is -0.680. The Kier molecular flexibility index (Phi) is 2.69. The highest BCUT2D eigenvalue weighted by Crippen LogP contribution is 2.31. The number of nitrogens with one attached hydrogen (secondary N) is 1. The summed E-state index contributed by atoms with van der Waals surface area (Å²) in [7, 11) is 0. The second kappa shape index (κ2) is 3.82. The van der Waals surface area contributed by atoms with Crippen molar-refractivity contribution in [3.63, 3.8) is 0 Å². The molecule has 0 radical (unpaired) electrons. The average Bonchev–Trinajstić information content (AvgIpc) is 2.96. The molecule has 76 valence electrons. The maximum Gasteiger partial charge on any atom is 0.191 e. The fraction of sp³-hybridized carbons (Fsp3) is 0.500. The summed E-state index contributed by atoms with van der Waals surface area (Å²) in [5.74, 6) is 1.00. The van der Waals surface area contributed by atoms with Crippen molar-refractivity contribution in [1.82, 2.24) is 9.97 Å². The van der Waals surface area contributed by atoms with Gasteiger partial charge in [-0.25, -0.2) is 9.97 Å². The largest absolute Gasteiger partial charge is 0.382 e. The molecule has 0 spiro atoms. The van der Waals surface area contributed by atoms with E-state index in [0.29, 0.717) is 27.9 Å². The van der Waals surface area contributed by atoms with E-state index in [1.54, 1.807) is 0 Å². The van der Waals surface area contributed by atoms with Crippen molar-refractivity contribution in [2.75, 3.05) is 17.3 Å². The fourth-order valence-corrected chi connectivity index (χ4v) is 1.56. The van der Waals surface area contributed by atoms with E-state index in [4.69, 9.17) is 17.3 Å². The van der Waals surface area contributed by atoms with Crippen molar-refractivity contribution in [1.29, 1.82) is 0 Å². The lowest BCUT2D eigenvalue weighted by Crippen LogP contribution is -2.07. The molecule has 1 fully saturated rings. The number of thioether (sulfide) groups is 1. The summed E-state index contributed by atoms with van der Waals surface area (Å²) in [4.78, 5) is 8.30. The predicted molar refractivity (Wildman–Crippen MR) is 59.9 cm³/mol. The SMILES string of the molecule is CSc1nc(N)c(Cl)c(NC2CC2)n1. The molecule has 0 amide bonds. The van der Waals surface area contributed by atoms with Gasteiger partial charge in [-0.1, -0.05) is 23.4 Å². The molecule has 1 heterocycles. The van der Waals surface area contributed by atoms with Gasteiger partial charge in [0.05, 0.1) is 0 Å². The Balaban J connectivity index is 2.29. The van der Waals surface area contributed by atoms with Gasteiger partial charge in [0.2, 0.25) is 0 Å². The van der Waals surface area contributed by atoms with Crippen LogP contribution in [-0.2, 0) is 0 Å². The minimum absolute atomic E-state index is 0.342. The van der Waals surface area contributed by atoms with Gasteiger partial charge in [0.1, 0.15) is 10.8 Å². The molecule has 0 aromatic carbocycles. The van der Waals surface area contributed by atoms with Crippen LogP contribution in [0.25, 0.3) is 0 Å². The minimum atomic E-state index is 0.342. The number of halogens is 1. The van der Waals surface area contributed by atoms with Crippen LogP contribution in [0.1, 0.15) is 12.8 Å². The second-order valence-electron chi connectivity index (χ2n) is 3.18. The molecule has 0 saturated heterocycles. The zero-order valence-corrected chi connectivity index (χ0v) is 9.32. The van der Waals surface area contributed by atoms with Gasteiger partial charge in [-0.3, -0.25) is 0 Å². The summed E-state index contributed by atoms with van der Waals surface area (Å²) in [6, 6.07) is 0.511. The van der Waals surface area contributed by atoms with Crippen molar-refractivity contribution in [3.05, 3.63) is 5.02 Å². The van der Waals surface area contributed by atoms with Crippen LogP contribution in [0.2, 0.25) is 5.02 Å². The number of hydrogen-bond acceptors (Lipinski definition) is 5. The third kappa shape index (κ3) is 2.04. The lowest BCUT2D eigenvalue weighted by atomic mass is 10.5. The average molecular weight is 231 g/mol.